The minimum Gasteiger partial charge on any atom is -0.198 e. The van der Waals surface area contributed by atoms with Gasteiger partial charge in [0.2, 0.25) is 0 Å². The zero-order chi connectivity index (χ0) is 16.5. The zero-order valence-electron chi connectivity index (χ0n) is 15.8. The predicted octanol–water partition coefficient (Wildman–Crippen LogP) is 7.26. The third kappa shape index (κ3) is 5.23. The molecule has 0 saturated heterocycles. The van der Waals surface area contributed by atoms with Gasteiger partial charge in [-0.05, 0) is 49.9 Å². The summed E-state index contributed by atoms with van der Waals surface area (Å²) in [6, 6.07) is 2.83. The standard InChI is InChI=1S/C22H39N/c1-3-5-7-8-9-11-19-14-15-22(18-23)17-20(10-6-4-2)12-13-21(22)16-19/h19-21H,3-17H2,1-2H3/t19?,20-,21-,22?/m1/s1. The smallest absolute Gasteiger partial charge is 0.0692 e. The van der Waals surface area contributed by atoms with Crippen LogP contribution in [0.4, 0.5) is 0 Å². The number of rotatable bonds is 9. The summed E-state index contributed by atoms with van der Waals surface area (Å²) in [5.41, 5.74) is 0.0648. The lowest BCUT2D eigenvalue weighted by molar-refractivity contribution is 0.0367. The summed E-state index contributed by atoms with van der Waals surface area (Å²) in [6.07, 6.45) is 20.4. The molecular weight excluding hydrogens is 278 g/mol. The van der Waals surface area contributed by atoms with Gasteiger partial charge < -0.3 is 0 Å². The number of hydrogen-bond donors (Lipinski definition) is 0. The molecule has 1 nitrogen and oxygen atoms in total. The second kappa shape index (κ2) is 9.71. The molecule has 132 valence electrons. The Morgan fingerprint density at radius 1 is 0.870 bits per heavy atom. The van der Waals surface area contributed by atoms with Crippen LogP contribution < -0.4 is 0 Å². The first-order chi connectivity index (χ1) is 11.2. The lowest BCUT2D eigenvalue weighted by atomic mass is 9.55. The third-order valence-corrected chi connectivity index (χ3v) is 6.88. The highest BCUT2D eigenvalue weighted by atomic mass is 14.5. The molecule has 0 aromatic carbocycles. The van der Waals surface area contributed by atoms with Crippen LogP contribution in [0.15, 0.2) is 0 Å². The molecule has 2 fully saturated rings. The summed E-state index contributed by atoms with van der Waals surface area (Å²) < 4.78 is 0. The molecule has 1 heteroatoms. The predicted molar refractivity (Wildman–Crippen MR) is 99.1 cm³/mol. The van der Waals surface area contributed by atoms with Crippen molar-refractivity contribution in [2.75, 3.05) is 0 Å². The van der Waals surface area contributed by atoms with Crippen molar-refractivity contribution in [1.82, 2.24) is 0 Å². The molecule has 2 saturated carbocycles. The van der Waals surface area contributed by atoms with Gasteiger partial charge in [0.25, 0.3) is 0 Å². The minimum absolute atomic E-state index is 0.0648. The van der Waals surface area contributed by atoms with Gasteiger partial charge in [-0.25, -0.2) is 0 Å². The second-order valence-corrected chi connectivity index (χ2v) is 8.60. The highest BCUT2D eigenvalue weighted by Crippen LogP contribution is 2.54. The Bertz CT molecular complexity index is 369. The van der Waals surface area contributed by atoms with Gasteiger partial charge in [0.05, 0.1) is 11.5 Å². The molecule has 2 aliphatic carbocycles. The molecule has 0 N–H and O–H groups in total. The van der Waals surface area contributed by atoms with Crippen molar-refractivity contribution < 1.29 is 0 Å². The Balaban J connectivity index is 1.79. The monoisotopic (exact) mass is 317 g/mol. The summed E-state index contributed by atoms with van der Waals surface area (Å²) >= 11 is 0. The van der Waals surface area contributed by atoms with Crippen molar-refractivity contribution in [1.29, 1.82) is 5.26 Å². The van der Waals surface area contributed by atoms with Gasteiger partial charge in [0.15, 0.2) is 0 Å². The van der Waals surface area contributed by atoms with E-state index in [0.29, 0.717) is 0 Å². The van der Waals surface area contributed by atoms with E-state index in [1.807, 2.05) is 0 Å². The molecule has 23 heavy (non-hydrogen) atoms. The van der Waals surface area contributed by atoms with Gasteiger partial charge in [-0.15, -0.1) is 0 Å². The minimum atomic E-state index is 0.0648. The van der Waals surface area contributed by atoms with Gasteiger partial charge >= 0.3 is 0 Å². The van der Waals surface area contributed by atoms with Crippen LogP contribution in [0.2, 0.25) is 0 Å². The number of unbranched alkanes of at least 4 members (excludes halogenated alkanes) is 5. The van der Waals surface area contributed by atoms with Crippen LogP contribution in [-0.2, 0) is 0 Å². The number of hydrogen-bond acceptors (Lipinski definition) is 1. The topological polar surface area (TPSA) is 23.8 Å². The fraction of sp³-hybridized carbons (Fsp3) is 0.955. The first kappa shape index (κ1) is 18.8. The van der Waals surface area contributed by atoms with E-state index in [1.165, 1.54) is 96.3 Å². The molecule has 0 spiro atoms. The van der Waals surface area contributed by atoms with E-state index in [1.54, 1.807) is 0 Å². The number of nitriles is 1. The van der Waals surface area contributed by atoms with Crippen molar-refractivity contribution >= 4 is 0 Å². The van der Waals surface area contributed by atoms with E-state index < -0.39 is 0 Å². The van der Waals surface area contributed by atoms with Crippen LogP contribution in [0.5, 0.6) is 0 Å². The summed E-state index contributed by atoms with van der Waals surface area (Å²) in [6.45, 7) is 4.58. The van der Waals surface area contributed by atoms with Gasteiger partial charge in [-0.1, -0.05) is 78.1 Å². The Morgan fingerprint density at radius 3 is 2.35 bits per heavy atom. The maximum atomic E-state index is 9.93. The molecule has 0 heterocycles. The Labute approximate surface area is 145 Å². The van der Waals surface area contributed by atoms with Crippen LogP contribution >= 0.6 is 0 Å². The first-order valence-electron chi connectivity index (χ1n) is 10.6. The molecule has 0 aromatic heterocycles. The normalized spacial score (nSPS) is 33.9. The molecule has 0 amide bonds. The van der Waals surface area contributed by atoms with Crippen LogP contribution in [0, 0.1) is 34.5 Å². The lowest BCUT2D eigenvalue weighted by Gasteiger charge is -2.48. The largest absolute Gasteiger partial charge is 0.198 e. The molecule has 2 rings (SSSR count). The number of fused-ring (bicyclic) bond motifs is 1. The molecule has 0 radical (unpaired) electrons. The Hall–Kier alpha value is -0.510. The summed E-state index contributed by atoms with van der Waals surface area (Å²) in [5, 5.41) is 9.93. The average molecular weight is 318 g/mol. The fourth-order valence-corrected chi connectivity index (χ4v) is 5.36. The van der Waals surface area contributed by atoms with Crippen molar-refractivity contribution in [2.45, 2.75) is 110 Å². The molecule has 0 aromatic rings. The molecule has 4 atom stereocenters. The van der Waals surface area contributed by atoms with E-state index in [2.05, 4.69) is 19.9 Å². The highest BCUT2D eigenvalue weighted by molar-refractivity contribution is 5.08. The van der Waals surface area contributed by atoms with Crippen molar-refractivity contribution in [3.05, 3.63) is 0 Å². The molecule has 2 aliphatic rings. The summed E-state index contributed by atoms with van der Waals surface area (Å²) in [7, 11) is 0. The SMILES string of the molecule is CCCCCCCC1CCC2(C#N)C[C@H](CCCC)CC[C@@H]2C1. The van der Waals surface area contributed by atoms with E-state index in [0.717, 1.165) is 17.8 Å². The fourth-order valence-electron chi connectivity index (χ4n) is 5.36. The van der Waals surface area contributed by atoms with Gasteiger partial charge in [0.1, 0.15) is 0 Å². The summed E-state index contributed by atoms with van der Waals surface area (Å²) in [5.74, 6) is 2.49. The first-order valence-corrected chi connectivity index (χ1v) is 10.6. The Morgan fingerprint density at radius 2 is 1.61 bits per heavy atom. The van der Waals surface area contributed by atoms with Crippen molar-refractivity contribution in [2.24, 2.45) is 23.2 Å². The molecule has 0 bridgehead atoms. The molecular formula is C22H39N. The quantitative estimate of drug-likeness (QED) is 0.410. The van der Waals surface area contributed by atoms with Gasteiger partial charge in [-0.2, -0.15) is 5.26 Å². The number of nitrogens with zero attached hydrogens (tertiary/aromatic N) is 1. The van der Waals surface area contributed by atoms with E-state index in [4.69, 9.17) is 0 Å². The van der Waals surface area contributed by atoms with Crippen LogP contribution in [0.1, 0.15) is 110 Å². The van der Waals surface area contributed by atoms with E-state index in [9.17, 15) is 5.26 Å². The zero-order valence-corrected chi connectivity index (χ0v) is 15.8. The maximum Gasteiger partial charge on any atom is 0.0692 e. The van der Waals surface area contributed by atoms with E-state index >= 15 is 0 Å². The lowest BCUT2D eigenvalue weighted by Crippen LogP contribution is -2.40. The molecule has 0 aliphatic heterocycles. The van der Waals surface area contributed by atoms with Gasteiger partial charge in [-0.3, -0.25) is 0 Å². The van der Waals surface area contributed by atoms with Crippen molar-refractivity contribution in [3.8, 4) is 6.07 Å². The average Bonchev–Trinajstić information content (AvgIpc) is 2.59. The summed E-state index contributed by atoms with van der Waals surface area (Å²) in [4.78, 5) is 0. The van der Waals surface area contributed by atoms with Gasteiger partial charge in [0, 0.05) is 0 Å². The highest BCUT2D eigenvalue weighted by Gasteiger charge is 2.47. The Kier molecular flexibility index (Phi) is 7.94. The molecule has 2 unspecified atom stereocenters. The van der Waals surface area contributed by atoms with E-state index in [-0.39, 0.29) is 5.41 Å². The van der Waals surface area contributed by atoms with Crippen molar-refractivity contribution in [3.63, 3.8) is 0 Å². The second-order valence-electron chi connectivity index (χ2n) is 8.60. The van der Waals surface area contributed by atoms with Crippen LogP contribution in [-0.4, -0.2) is 0 Å². The van der Waals surface area contributed by atoms with Crippen LogP contribution in [0.3, 0.4) is 0 Å². The maximum absolute atomic E-state index is 9.93. The third-order valence-electron chi connectivity index (χ3n) is 6.88. The van der Waals surface area contributed by atoms with Crippen LogP contribution in [0.25, 0.3) is 0 Å².